The highest BCUT2D eigenvalue weighted by molar-refractivity contribution is 5.92. The fourth-order valence-corrected chi connectivity index (χ4v) is 5.02. The largest absolute Gasteiger partial charge is 0.493 e. The Morgan fingerprint density at radius 3 is 2.28 bits per heavy atom. The highest BCUT2D eigenvalue weighted by Crippen LogP contribution is 2.39. The number of hydrazone groups is 1. The summed E-state index contributed by atoms with van der Waals surface area (Å²) in [5.41, 5.74) is 7.37. The van der Waals surface area contributed by atoms with E-state index in [9.17, 15) is 4.79 Å². The van der Waals surface area contributed by atoms with E-state index in [1.807, 2.05) is 42.5 Å². The van der Waals surface area contributed by atoms with E-state index in [0.29, 0.717) is 45.8 Å². The summed E-state index contributed by atoms with van der Waals surface area (Å²) in [6.45, 7) is 4.76. The van der Waals surface area contributed by atoms with Crippen LogP contribution >= 0.6 is 0 Å². The smallest absolute Gasteiger partial charge is 0.307 e. The third-order valence-electron chi connectivity index (χ3n) is 7.32. The van der Waals surface area contributed by atoms with Crippen molar-refractivity contribution in [2.24, 2.45) is 5.10 Å². The number of benzene rings is 3. The van der Waals surface area contributed by atoms with Gasteiger partial charge in [0.1, 0.15) is 24.7 Å². The van der Waals surface area contributed by atoms with Gasteiger partial charge in [-0.25, -0.2) is 5.43 Å². The highest BCUT2D eigenvalue weighted by atomic mass is 16.7. The van der Waals surface area contributed by atoms with E-state index in [-0.39, 0.29) is 25.8 Å². The summed E-state index contributed by atoms with van der Waals surface area (Å²) >= 11 is 0. The number of methoxy groups -OCH3 is 2. The first-order chi connectivity index (χ1) is 22.4. The van der Waals surface area contributed by atoms with Crippen LogP contribution in [0, 0.1) is 13.8 Å². The van der Waals surface area contributed by atoms with Crippen LogP contribution in [-0.4, -0.2) is 37.7 Å². The summed E-state index contributed by atoms with van der Waals surface area (Å²) < 4.78 is 41.7. The van der Waals surface area contributed by atoms with E-state index in [4.69, 9.17) is 32.8 Å². The maximum atomic E-state index is 12.7. The average molecular weight is 624 g/mol. The van der Waals surface area contributed by atoms with Crippen LogP contribution in [0.2, 0.25) is 0 Å². The number of rotatable bonds is 12. The van der Waals surface area contributed by atoms with Crippen molar-refractivity contribution >= 4 is 12.1 Å². The van der Waals surface area contributed by atoms with Crippen LogP contribution in [0.1, 0.15) is 38.8 Å². The Balaban J connectivity index is 1.03. The predicted octanol–water partition coefficient (Wildman–Crippen LogP) is 6.35. The van der Waals surface area contributed by atoms with E-state index in [2.05, 4.69) is 41.1 Å². The molecule has 1 aliphatic rings. The molecule has 11 heteroatoms. The molecule has 0 fully saturated rings. The van der Waals surface area contributed by atoms with E-state index < -0.39 is 5.91 Å². The predicted molar refractivity (Wildman–Crippen MR) is 170 cm³/mol. The van der Waals surface area contributed by atoms with Gasteiger partial charge in [0.25, 0.3) is 0 Å². The van der Waals surface area contributed by atoms with Crippen molar-refractivity contribution in [3.63, 3.8) is 0 Å². The number of fused-ring (bicyclic) bond motifs is 1. The quantitative estimate of drug-likeness (QED) is 0.126. The monoisotopic (exact) mass is 623 g/mol. The SMILES string of the molecule is COc1cc(/C=N/NC(=O)c2ccc(COc3ccc(-n4c(C)ccc4C)cc3)o2)cc(OC)c1OCc1ccc2c(c1)OCO2. The second kappa shape index (κ2) is 13.4. The van der Waals surface area contributed by atoms with E-state index >= 15 is 0 Å². The summed E-state index contributed by atoms with van der Waals surface area (Å²) in [5, 5.41) is 4.07. The van der Waals surface area contributed by atoms with Crippen LogP contribution in [-0.2, 0) is 13.2 Å². The molecule has 0 spiro atoms. The summed E-state index contributed by atoms with van der Waals surface area (Å²) in [4.78, 5) is 12.7. The first kappa shape index (κ1) is 30.2. The molecular formula is C35H33N3O8. The zero-order chi connectivity index (χ0) is 32.0. The van der Waals surface area contributed by atoms with Gasteiger partial charge >= 0.3 is 5.91 Å². The normalized spacial score (nSPS) is 11.9. The summed E-state index contributed by atoms with van der Waals surface area (Å²) in [7, 11) is 3.06. The fraction of sp³-hybridized carbons (Fsp3) is 0.200. The number of aromatic nitrogens is 1. The molecule has 236 valence electrons. The molecule has 6 rings (SSSR count). The summed E-state index contributed by atoms with van der Waals surface area (Å²) in [6.07, 6.45) is 1.47. The molecule has 46 heavy (non-hydrogen) atoms. The standard InChI is InChI=1S/C35H33N3O8/c1-22-5-6-23(2)38(22)26-8-10-27(11-9-26)42-20-28-12-14-30(46-28)35(39)37-36-18-25-16-32(40-3)34(33(17-25)41-4)43-19-24-7-13-29-31(15-24)45-21-44-29/h5-18H,19-21H2,1-4H3,(H,37,39)/b36-18+. The Hall–Kier alpha value is -5.84. The number of ether oxygens (including phenoxy) is 6. The van der Waals surface area contributed by atoms with Gasteiger partial charge in [-0.2, -0.15) is 5.10 Å². The van der Waals surface area contributed by atoms with Crippen LogP contribution in [0.4, 0.5) is 0 Å². The van der Waals surface area contributed by atoms with Crippen LogP contribution < -0.4 is 33.8 Å². The summed E-state index contributed by atoms with van der Waals surface area (Å²) in [5.74, 6) is 3.46. The molecule has 1 amide bonds. The Kier molecular flexibility index (Phi) is 8.82. The number of furan rings is 1. The topological polar surface area (TPSA) is 115 Å². The Labute approximate surface area is 265 Å². The first-order valence-electron chi connectivity index (χ1n) is 14.5. The molecule has 3 heterocycles. The Morgan fingerprint density at radius 1 is 0.848 bits per heavy atom. The molecule has 0 aliphatic carbocycles. The van der Waals surface area contributed by atoms with Crippen molar-refractivity contribution in [3.05, 3.63) is 113 Å². The van der Waals surface area contributed by atoms with Crippen molar-refractivity contribution in [2.45, 2.75) is 27.1 Å². The molecule has 0 bridgehead atoms. The minimum Gasteiger partial charge on any atom is -0.493 e. The van der Waals surface area contributed by atoms with Crippen molar-refractivity contribution < 1.29 is 37.6 Å². The number of carbonyl (C=O) groups excluding carboxylic acids is 1. The minimum absolute atomic E-state index is 0.104. The number of carbonyl (C=O) groups is 1. The minimum atomic E-state index is -0.507. The van der Waals surface area contributed by atoms with Gasteiger partial charge in [0.15, 0.2) is 28.8 Å². The Morgan fingerprint density at radius 2 is 1.57 bits per heavy atom. The number of hydrogen-bond donors (Lipinski definition) is 1. The number of nitrogens with one attached hydrogen (secondary N) is 1. The highest BCUT2D eigenvalue weighted by Gasteiger charge is 2.17. The zero-order valence-electron chi connectivity index (χ0n) is 25.9. The number of aryl methyl sites for hydroxylation is 2. The van der Waals surface area contributed by atoms with E-state index in [0.717, 1.165) is 22.6 Å². The zero-order valence-corrected chi connectivity index (χ0v) is 25.9. The lowest BCUT2D eigenvalue weighted by Gasteiger charge is -2.15. The lowest BCUT2D eigenvalue weighted by Crippen LogP contribution is -2.16. The second-order valence-corrected chi connectivity index (χ2v) is 10.4. The molecule has 2 aromatic heterocycles. The van der Waals surface area contributed by atoms with Crippen LogP contribution in [0.25, 0.3) is 5.69 Å². The lowest BCUT2D eigenvalue weighted by molar-refractivity contribution is 0.0923. The van der Waals surface area contributed by atoms with Crippen molar-refractivity contribution in [3.8, 4) is 40.2 Å². The van der Waals surface area contributed by atoms with Gasteiger partial charge in [0, 0.05) is 22.6 Å². The molecule has 0 atom stereocenters. The third kappa shape index (κ3) is 6.63. The van der Waals surface area contributed by atoms with E-state index in [1.165, 1.54) is 20.4 Å². The maximum absolute atomic E-state index is 12.7. The van der Waals surface area contributed by atoms with Gasteiger partial charge < -0.3 is 37.4 Å². The maximum Gasteiger partial charge on any atom is 0.307 e. The van der Waals surface area contributed by atoms with E-state index in [1.54, 1.807) is 24.3 Å². The molecule has 0 saturated carbocycles. The molecule has 0 radical (unpaired) electrons. The third-order valence-corrected chi connectivity index (χ3v) is 7.32. The Bertz CT molecular complexity index is 1830. The fourth-order valence-electron chi connectivity index (χ4n) is 5.02. The lowest BCUT2D eigenvalue weighted by atomic mass is 10.2. The first-order valence-corrected chi connectivity index (χ1v) is 14.5. The van der Waals surface area contributed by atoms with Crippen LogP contribution in [0.3, 0.4) is 0 Å². The van der Waals surface area contributed by atoms with Crippen LogP contribution in [0.15, 0.2) is 88.4 Å². The number of nitrogens with zero attached hydrogens (tertiary/aromatic N) is 2. The second-order valence-electron chi connectivity index (χ2n) is 10.4. The van der Waals surface area contributed by atoms with Gasteiger partial charge in [-0.15, -0.1) is 0 Å². The molecular weight excluding hydrogens is 590 g/mol. The van der Waals surface area contributed by atoms with Gasteiger partial charge in [0.2, 0.25) is 12.5 Å². The number of hydrogen-bond acceptors (Lipinski definition) is 9. The molecule has 0 saturated heterocycles. The molecule has 11 nitrogen and oxygen atoms in total. The molecule has 3 aromatic carbocycles. The van der Waals surface area contributed by atoms with Gasteiger partial charge in [-0.05, 0) is 92.2 Å². The molecule has 1 aliphatic heterocycles. The van der Waals surface area contributed by atoms with Crippen molar-refractivity contribution in [1.82, 2.24) is 9.99 Å². The molecule has 1 N–H and O–H groups in total. The number of amides is 1. The molecule has 5 aromatic rings. The summed E-state index contributed by atoms with van der Waals surface area (Å²) in [6, 6.07) is 24.3. The van der Waals surface area contributed by atoms with Crippen molar-refractivity contribution in [2.75, 3.05) is 21.0 Å². The molecule has 0 unspecified atom stereocenters. The van der Waals surface area contributed by atoms with Gasteiger partial charge in [0.05, 0.1) is 20.4 Å². The van der Waals surface area contributed by atoms with Gasteiger partial charge in [-0.1, -0.05) is 6.07 Å². The van der Waals surface area contributed by atoms with Crippen molar-refractivity contribution in [1.29, 1.82) is 0 Å². The van der Waals surface area contributed by atoms with Crippen LogP contribution in [0.5, 0.6) is 34.5 Å². The van der Waals surface area contributed by atoms with Gasteiger partial charge in [-0.3, -0.25) is 4.79 Å². The average Bonchev–Trinajstić information content (AvgIpc) is 3.83.